The zero-order valence-corrected chi connectivity index (χ0v) is 15.9. The highest BCUT2D eigenvalue weighted by molar-refractivity contribution is 6.98. The Hall–Kier alpha value is -3.66. The third kappa shape index (κ3) is 2.53. The van der Waals surface area contributed by atoms with Gasteiger partial charge < -0.3 is 14.2 Å². The second kappa shape index (κ2) is 6.18. The van der Waals surface area contributed by atoms with Crippen molar-refractivity contribution in [3.05, 3.63) is 90.5 Å². The number of ether oxygens (including phenoxy) is 3. The molecule has 2 aliphatic heterocycles. The first-order valence-corrected chi connectivity index (χ1v) is 9.73. The van der Waals surface area contributed by atoms with E-state index >= 15 is 0 Å². The Balaban J connectivity index is 1.48. The molecule has 0 saturated carbocycles. The molecular formula is C25H17BO3. The van der Waals surface area contributed by atoms with Gasteiger partial charge in [-0.2, -0.15) is 0 Å². The van der Waals surface area contributed by atoms with Crippen molar-refractivity contribution < 1.29 is 14.2 Å². The van der Waals surface area contributed by atoms with Crippen LogP contribution in [-0.2, 0) is 0 Å². The maximum Gasteiger partial charge on any atom is 0.260 e. The van der Waals surface area contributed by atoms with Crippen molar-refractivity contribution in [2.75, 3.05) is 0 Å². The SMILES string of the molecule is Cc1ccccc1Oc1ccc2c(c1)Oc1cccc3c1B2c1ccccc1O3. The minimum absolute atomic E-state index is 0.0856. The first-order valence-electron chi connectivity index (χ1n) is 9.73. The average molecular weight is 376 g/mol. The second-order valence-corrected chi connectivity index (χ2v) is 7.41. The number of benzene rings is 4. The van der Waals surface area contributed by atoms with E-state index in [1.807, 2.05) is 73.7 Å². The van der Waals surface area contributed by atoms with Crippen molar-refractivity contribution in [1.82, 2.24) is 0 Å². The van der Waals surface area contributed by atoms with E-state index in [0.717, 1.165) is 56.4 Å². The van der Waals surface area contributed by atoms with Crippen LogP contribution in [0.15, 0.2) is 84.9 Å². The van der Waals surface area contributed by atoms with E-state index in [-0.39, 0.29) is 6.71 Å². The second-order valence-electron chi connectivity index (χ2n) is 7.41. The predicted molar refractivity (Wildman–Crippen MR) is 115 cm³/mol. The number of aryl methyl sites for hydroxylation is 1. The molecule has 0 aliphatic carbocycles. The Morgan fingerprint density at radius 2 is 1.34 bits per heavy atom. The molecule has 138 valence electrons. The summed E-state index contributed by atoms with van der Waals surface area (Å²) in [7, 11) is 0. The molecular weight excluding hydrogens is 359 g/mol. The van der Waals surface area contributed by atoms with Crippen molar-refractivity contribution in [3.63, 3.8) is 0 Å². The molecule has 2 heterocycles. The van der Waals surface area contributed by atoms with Crippen LogP contribution in [0.5, 0.6) is 34.5 Å². The quantitative estimate of drug-likeness (QED) is 0.416. The molecule has 3 nitrogen and oxygen atoms in total. The standard InChI is InChI=1S/C25H17BO3/c1-16-7-2-4-9-20(16)27-17-13-14-19-24(15-17)29-23-12-6-11-22-25(23)26(19)18-8-3-5-10-21(18)28-22/h2-15H,1H3. The van der Waals surface area contributed by atoms with E-state index in [0.29, 0.717) is 0 Å². The monoisotopic (exact) mass is 376 g/mol. The van der Waals surface area contributed by atoms with E-state index in [9.17, 15) is 0 Å². The van der Waals surface area contributed by atoms with E-state index in [2.05, 4.69) is 18.2 Å². The molecule has 0 N–H and O–H groups in total. The van der Waals surface area contributed by atoms with Gasteiger partial charge in [0.25, 0.3) is 6.71 Å². The summed E-state index contributed by atoms with van der Waals surface area (Å²) in [5.74, 6) is 5.03. The van der Waals surface area contributed by atoms with Crippen LogP contribution < -0.4 is 30.6 Å². The maximum absolute atomic E-state index is 6.29. The zero-order chi connectivity index (χ0) is 19.4. The van der Waals surface area contributed by atoms with Crippen LogP contribution in [0.3, 0.4) is 0 Å². The number of para-hydroxylation sites is 2. The summed E-state index contributed by atoms with van der Waals surface area (Å²) in [5, 5.41) is 0. The molecule has 2 aliphatic rings. The topological polar surface area (TPSA) is 27.7 Å². The van der Waals surface area contributed by atoms with Crippen LogP contribution in [0, 0.1) is 6.92 Å². The van der Waals surface area contributed by atoms with Crippen LogP contribution in [0.1, 0.15) is 5.56 Å². The fourth-order valence-electron chi connectivity index (χ4n) is 4.22. The summed E-state index contributed by atoms with van der Waals surface area (Å²) >= 11 is 0. The van der Waals surface area contributed by atoms with E-state index < -0.39 is 0 Å². The van der Waals surface area contributed by atoms with Gasteiger partial charge in [-0.25, -0.2) is 0 Å². The van der Waals surface area contributed by atoms with Gasteiger partial charge in [0.05, 0.1) is 0 Å². The summed E-state index contributed by atoms with van der Waals surface area (Å²) < 4.78 is 18.6. The third-order valence-corrected chi connectivity index (χ3v) is 5.60. The molecule has 0 radical (unpaired) electrons. The molecule has 29 heavy (non-hydrogen) atoms. The number of fused-ring (bicyclic) bond motifs is 4. The maximum atomic E-state index is 6.29. The van der Waals surface area contributed by atoms with Gasteiger partial charge in [0.15, 0.2) is 0 Å². The van der Waals surface area contributed by atoms with Gasteiger partial charge in [-0.1, -0.05) is 48.5 Å². The van der Waals surface area contributed by atoms with Gasteiger partial charge in [-0.05, 0) is 53.7 Å². The normalized spacial score (nSPS) is 12.8. The molecule has 0 aromatic heterocycles. The molecule has 0 atom stereocenters. The molecule has 4 aromatic rings. The smallest absolute Gasteiger partial charge is 0.260 e. The zero-order valence-electron chi connectivity index (χ0n) is 15.9. The van der Waals surface area contributed by atoms with Crippen LogP contribution in [0.2, 0.25) is 0 Å². The van der Waals surface area contributed by atoms with Crippen molar-refractivity contribution in [3.8, 4) is 34.5 Å². The summed E-state index contributed by atoms with van der Waals surface area (Å²) in [6, 6.07) is 28.3. The largest absolute Gasteiger partial charge is 0.458 e. The Morgan fingerprint density at radius 3 is 2.21 bits per heavy atom. The van der Waals surface area contributed by atoms with Gasteiger partial charge in [0, 0.05) is 11.5 Å². The highest BCUT2D eigenvalue weighted by atomic mass is 16.5. The minimum atomic E-state index is 0.0856. The molecule has 0 unspecified atom stereocenters. The molecule has 0 bridgehead atoms. The average Bonchev–Trinajstić information content (AvgIpc) is 2.75. The Kier molecular flexibility index (Phi) is 3.47. The molecule has 4 aromatic carbocycles. The summed E-state index contributed by atoms with van der Waals surface area (Å²) in [4.78, 5) is 0. The summed E-state index contributed by atoms with van der Waals surface area (Å²) in [6.07, 6.45) is 0. The summed E-state index contributed by atoms with van der Waals surface area (Å²) in [6.45, 7) is 2.13. The van der Waals surface area contributed by atoms with Crippen LogP contribution in [0.4, 0.5) is 0 Å². The lowest BCUT2D eigenvalue weighted by atomic mass is 9.35. The highest BCUT2D eigenvalue weighted by Crippen LogP contribution is 2.36. The lowest BCUT2D eigenvalue weighted by molar-refractivity contribution is 0.453. The number of rotatable bonds is 2. The molecule has 0 spiro atoms. The molecule has 0 amide bonds. The molecule has 4 heteroatoms. The number of hydrogen-bond donors (Lipinski definition) is 0. The lowest BCUT2D eigenvalue weighted by Gasteiger charge is -2.32. The van der Waals surface area contributed by atoms with Gasteiger partial charge in [0.1, 0.15) is 34.5 Å². The fraction of sp³-hybridized carbons (Fsp3) is 0.0400. The van der Waals surface area contributed by atoms with Crippen molar-refractivity contribution in [2.45, 2.75) is 6.92 Å². The van der Waals surface area contributed by atoms with Gasteiger partial charge in [-0.15, -0.1) is 0 Å². The Bertz CT molecular complexity index is 1260. The lowest BCUT2D eigenvalue weighted by Crippen LogP contribution is -2.57. The number of hydrogen-bond acceptors (Lipinski definition) is 3. The van der Waals surface area contributed by atoms with Gasteiger partial charge in [0.2, 0.25) is 0 Å². The Labute approximate surface area is 169 Å². The van der Waals surface area contributed by atoms with Gasteiger partial charge in [-0.3, -0.25) is 0 Å². The van der Waals surface area contributed by atoms with E-state index in [1.165, 1.54) is 0 Å². The summed E-state index contributed by atoms with van der Waals surface area (Å²) in [5.41, 5.74) is 4.47. The fourth-order valence-corrected chi connectivity index (χ4v) is 4.22. The van der Waals surface area contributed by atoms with Gasteiger partial charge >= 0.3 is 0 Å². The minimum Gasteiger partial charge on any atom is -0.458 e. The first-order chi connectivity index (χ1) is 14.3. The van der Waals surface area contributed by atoms with Crippen molar-refractivity contribution in [2.24, 2.45) is 0 Å². The predicted octanol–water partition coefficient (Wildman–Crippen LogP) is 4.51. The Morgan fingerprint density at radius 1 is 0.655 bits per heavy atom. The first kappa shape index (κ1) is 16.3. The molecule has 0 fully saturated rings. The van der Waals surface area contributed by atoms with Crippen LogP contribution in [-0.4, -0.2) is 6.71 Å². The molecule has 0 saturated heterocycles. The third-order valence-electron chi connectivity index (χ3n) is 5.60. The van der Waals surface area contributed by atoms with Crippen LogP contribution in [0.25, 0.3) is 0 Å². The van der Waals surface area contributed by atoms with Crippen molar-refractivity contribution >= 4 is 23.1 Å². The van der Waals surface area contributed by atoms with Crippen LogP contribution >= 0.6 is 0 Å². The van der Waals surface area contributed by atoms with E-state index in [1.54, 1.807) is 0 Å². The van der Waals surface area contributed by atoms with Crippen molar-refractivity contribution in [1.29, 1.82) is 0 Å². The van der Waals surface area contributed by atoms with E-state index in [4.69, 9.17) is 14.2 Å². The molecule has 6 rings (SSSR count). The highest BCUT2D eigenvalue weighted by Gasteiger charge is 2.39.